The smallest absolute Gasteiger partial charge is 0.417 e. The summed E-state index contributed by atoms with van der Waals surface area (Å²) >= 11 is 0. The van der Waals surface area contributed by atoms with Gasteiger partial charge < -0.3 is 4.74 Å². The first-order valence-corrected chi connectivity index (χ1v) is 8.14. The van der Waals surface area contributed by atoms with Crippen molar-refractivity contribution < 1.29 is 17.9 Å². The molecule has 0 bridgehead atoms. The molecule has 0 fully saturated rings. The standard InChI is InChI=1S/C20H14F3N3O/c1-27-17-9-5-3-7-15(17)19-25-24-18-11-10-13(12-26(18)19)14-6-2-4-8-16(14)20(21,22)23/h2-12H,1H3. The number of fused-ring (bicyclic) bond motifs is 1. The molecular formula is C20H14F3N3O. The molecule has 0 saturated heterocycles. The van der Waals surface area contributed by atoms with E-state index in [0.717, 1.165) is 6.07 Å². The Balaban J connectivity index is 1.92. The highest BCUT2D eigenvalue weighted by Crippen LogP contribution is 2.37. The van der Waals surface area contributed by atoms with Crippen molar-refractivity contribution in [2.75, 3.05) is 7.11 Å². The Labute approximate surface area is 152 Å². The van der Waals surface area contributed by atoms with Crippen molar-refractivity contribution in [3.8, 4) is 28.3 Å². The van der Waals surface area contributed by atoms with Gasteiger partial charge in [0.25, 0.3) is 0 Å². The minimum atomic E-state index is -4.44. The summed E-state index contributed by atoms with van der Waals surface area (Å²) in [6.45, 7) is 0. The normalized spacial score (nSPS) is 11.7. The van der Waals surface area contributed by atoms with Gasteiger partial charge in [-0.25, -0.2) is 0 Å². The Morgan fingerprint density at radius 1 is 0.852 bits per heavy atom. The van der Waals surface area contributed by atoms with Crippen LogP contribution in [-0.4, -0.2) is 21.7 Å². The van der Waals surface area contributed by atoms with E-state index in [2.05, 4.69) is 10.2 Å². The van der Waals surface area contributed by atoms with E-state index in [4.69, 9.17) is 4.74 Å². The molecule has 0 atom stereocenters. The number of nitrogens with zero attached hydrogens (tertiary/aromatic N) is 3. The largest absolute Gasteiger partial charge is 0.496 e. The highest BCUT2D eigenvalue weighted by atomic mass is 19.4. The molecule has 4 aromatic rings. The molecule has 0 amide bonds. The van der Waals surface area contributed by atoms with Crippen molar-refractivity contribution in [2.45, 2.75) is 6.18 Å². The van der Waals surface area contributed by atoms with Crippen LogP contribution in [0.4, 0.5) is 13.2 Å². The molecule has 0 radical (unpaired) electrons. The lowest BCUT2D eigenvalue weighted by molar-refractivity contribution is -0.137. The molecule has 0 N–H and O–H groups in total. The van der Waals surface area contributed by atoms with Crippen molar-refractivity contribution in [3.63, 3.8) is 0 Å². The predicted molar refractivity (Wildman–Crippen MR) is 95.4 cm³/mol. The number of hydrogen-bond donors (Lipinski definition) is 0. The third-order valence-corrected chi connectivity index (χ3v) is 4.29. The van der Waals surface area contributed by atoms with Gasteiger partial charge in [0.1, 0.15) is 5.75 Å². The number of halogens is 3. The third-order valence-electron chi connectivity index (χ3n) is 4.29. The molecule has 0 saturated carbocycles. The van der Waals surface area contributed by atoms with Gasteiger partial charge in [0.15, 0.2) is 11.5 Å². The molecule has 136 valence electrons. The summed E-state index contributed by atoms with van der Waals surface area (Å²) in [7, 11) is 1.55. The van der Waals surface area contributed by atoms with E-state index in [1.807, 2.05) is 18.2 Å². The zero-order chi connectivity index (χ0) is 19.0. The average molecular weight is 369 g/mol. The Morgan fingerprint density at radius 2 is 1.56 bits per heavy atom. The number of hydrogen-bond acceptors (Lipinski definition) is 3. The molecule has 7 heteroatoms. The predicted octanol–water partition coefficient (Wildman–Crippen LogP) is 5.09. The molecule has 2 heterocycles. The fourth-order valence-corrected chi connectivity index (χ4v) is 3.05. The molecule has 0 aliphatic heterocycles. The van der Waals surface area contributed by atoms with E-state index in [1.54, 1.807) is 42.0 Å². The second-order valence-corrected chi connectivity index (χ2v) is 5.91. The van der Waals surface area contributed by atoms with Gasteiger partial charge in [-0.2, -0.15) is 13.2 Å². The number of pyridine rings is 1. The summed E-state index contributed by atoms with van der Waals surface area (Å²) in [6.07, 6.45) is -2.83. The van der Waals surface area contributed by atoms with Crippen LogP contribution in [0.1, 0.15) is 5.56 Å². The van der Waals surface area contributed by atoms with Crippen LogP contribution >= 0.6 is 0 Å². The number of methoxy groups -OCH3 is 1. The number of alkyl halides is 3. The molecule has 0 spiro atoms. The van der Waals surface area contributed by atoms with E-state index in [-0.39, 0.29) is 5.56 Å². The van der Waals surface area contributed by atoms with Gasteiger partial charge in [-0.1, -0.05) is 30.3 Å². The Bertz CT molecular complexity index is 1120. The maximum Gasteiger partial charge on any atom is 0.417 e. The molecular weight excluding hydrogens is 355 g/mol. The average Bonchev–Trinajstić information content (AvgIpc) is 3.10. The molecule has 4 rings (SSSR count). The molecule has 4 nitrogen and oxygen atoms in total. The quantitative estimate of drug-likeness (QED) is 0.505. The monoisotopic (exact) mass is 369 g/mol. The van der Waals surface area contributed by atoms with Crippen molar-refractivity contribution in [3.05, 3.63) is 72.4 Å². The number of benzene rings is 2. The van der Waals surface area contributed by atoms with Crippen LogP contribution in [-0.2, 0) is 6.18 Å². The zero-order valence-electron chi connectivity index (χ0n) is 14.2. The van der Waals surface area contributed by atoms with Gasteiger partial charge in [0.05, 0.1) is 18.2 Å². The summed E-state index contributed by atoms with van der Waals surface area (Å²) in [6, 6.07) is 16.0. The fraction of sp³-hybridized carbons (Fsp3) is 0.100. The minimum Gasteiger partial charge on any atom is -0.496 e. The van der Waals surface area contributed by atoms with Crippen LogP contribution in [0.5, 0.6) is 5.75 Å². The first-order chi connectivity index (χ1) is 13.0. The van der Waals surface area contributed by atoms with E-state index >= 15 is 0 Å². The second-order valence-electron chi connectivity index (χ2n) is 5.91. The maximum atomic E-state index is 13.4. The second kappa shape index (κ2) is 6.42. The minimum absolute atomic E-state index is 0.103. The van der Waals surface area contributed by atoms with Crippen LogP contribution in [0.25, 0.3) is 28.2 Å². The molecule has 27 heavy (non-hydrogen) atoms. The van der Waals surface area contributed by atoms with Crippen LogP contribution < -0.4 is 4.74 Å². The summed E-state index contributed by atoms with van der Waals surface area (Å²) in [5.41, 5.74) is 1.08. The number of aromatic nitrogens is 3. The molecule has 2 aromatic heterocycles. The van der Waals surface area contributed by atoms with E-state index in [0.29, 0.717) is 28.3 Å². The lowest BCUT2D eigenvalue weighted by Crippen LogP contribution is -2.07. The summed E-state index contributed by atoms with van der Waals surface area (Å²) in [5, 5.41) is 8.30. The molecule has 0 unspecified atom stereocenters. The number of ether oxygens (including phenoxy) is 1. The first-order valence-electron chi connectivity index (χ1n) is 8.14. The molecule has 0 aliphatic carbocycles. The van der Waals surface area contributed by atoms with E-state index in [1.165, 1.54) is 12.1 Å². The highest BCUT2D eigenvalue weighted by molar-refractivity contribution is 5.72. The lowest BCUT2D eigenvalue weighted by atomic mass is 10.0. The van der Waals surface area contributed by atoms with Crippen LogP contribution in [0.3, 0.4) is 0 Å². The van der Waals surface area contributed by atoms with Crippen molar-refractivity contribution in [1.82, 2.24) is 14.6 Å². The first kappa shape index (κ1) is 17.1. The molecule has 2 aromatic carbocycles. The Hall–Kier alpha value is -3.35. The van der Waals surface area contributed by atoms with Crippen molar-refractivity contribution in [2.24, 2.45) is 0 Å². The van der Waals surface area contributed by atoms with Crippen LogP contribution in [0.2, 0.25) is 0 Å². The van der Waals surface area contributed by atoms with Gasteiger partial charge in [-0.15, -0.1) is 10.2 Å². The fourth-order valence-electron chi connectivity index (χ4n) is 3.05. The highest BCUT2D eigenvalue weighted by Gasteiger charge is 2.33. The van der Waals surface area contributed by atoms with Gasteiger partial charge >= 0.3 is 6.18 Å². The van der Waals surface area contributed by atoms with Crippen LogP contribution in [0, 0.1) is 0 Å². The summed E-state index contributed by atoms with van der Waals surface area (Å²) in [4.78, 5) is 0. The van der Waals surface area contributed by atoms with Crippen LogP contribution in [0.15, 0.2) is 66.9 Å². The van der Waals surface area contributed by atoms with Gasteiger partial charge in [0.2, 0.25) is 0 Å². The van der Waals surface area contributed by atoms with Crippen molar-refractivity contribution in [1.29, 1.82) is 0 Å². The summed E-state index contributed by atoms with van der Waals surface area (Å²) in [5.74, 6) is 1.10. The Kier molecular flexibility index (Phi) is 4.07. The van der Waals surface area contributed by atoms with Gasteiger partial charge in [-0.3, -0.25) is 4.40 Å². The van der Waals surface area contributed by atoms with E-state index in [9.17, 15) is 13.2 Å². The maximum absolute atomic E-state index is 13.4. The zero-order valence-corrected chi connectivity index (χ0v) is 14.2. The topological polar surface area (TPSA) is 39.4 Å². The summed E-state index contributed by atoms with van der Waals surface area (Å²) < 4.78 is 47.2. The van der Waals surface area contributed by atoms with Gasteiger partial charge in [0, 0.05) is 6.20 Å². The third kappa shape index (κ3) is 3.01. The molecule has 0 aliphatic rings. The van der Waals surface area contributed by atoms with Crippen molar-refractivity contribution >= 4 is 5.65 Å². The van der Waals surface area contributed by atoms with E-state index < -0.39 is 11.7 Å². The Morgan fingerprint density at radius 3 is 2.30 bits per heavy atom. The number of rotatable bonds is 3. The van der Waals surface area contributed by atoms with Gasteiger partial charge in [-0.05, 0) is 41.5 Å². The number of para-hydroxylation sites is 1. The lowest BCUT2D eigenvalue weighted by Gasteiger charge is -2.13. The SMILES string of the molecule is COc1ccccc1-c1nnc2ccc(-c3ccccc3C(F)(F)F)cn12.